The molecule has 2 rings (SSSR count). The first-order valence-corrected chi connectivity index (χ1v) is 5.66. The molecule has 1 aromatic rings. The molecule has 0 fully saturated rings. The second kappa shape index (κ2) is 3.35. The largest absolute Gasteiger partial charge is 0.327 e. The average Bonchev–Trinajstić information content (AvgIpc) is 2.49. The van der Waals surface area contributed by atoms with Gasteiger partial charge in [-0.2, -0.15) is 0 Å². The Morgan fingerprint density at radius 2 is 2.31 bits per heavy atom. The highest BCUT2D eigenvalue weighted by Gasteiger charge is 2.27. The van der Waals surface area contributed by atoms with E-state index >= 15 is 0 Å². The van der Waals surface area contributed by atoms with Crippen LogP contribution in [0.1, 0.15) is 24.0 Å². The molecule has 2 heteroatoms. The summed E-state index contributed by atoms with van der Waals surface area (Å²) in [7, 11) is 0. The Morgan fingerprint density at radius 1 is 1.54 bits per heavy atom. The fourth-order valence-corrected chi connectivity index (χ4v) is 3.40. The van der Waals surface area contributed by atoms with E-state index in [1.807, 2.05) is 11.8 Å². The third kappa shape index (κ3) is 1.49. The van der Waals surface area contributed by atoms with Gasteiger partial charge in [0, 0.05) is 22.6 Å². The van der Waals surface area contributed by atoms with E-state index in [0.717, 1.165) is 5.75 Å². The minimum absolute atomic E-state index is 0.273. The van der Waals surface area contributed by atoms with Crippen molar-refractivity contribution in [1.29, 1.82) is 0 Å². The standard InChI is InChI=1S/C11H15NS/c1-7-4-3-5-10-11(7)9(6-13-10)8(2)12/h3-5,8-9H,6,12H2,1-2H3. The molecule has 0 saturated heterocycles. The van der Waals surface area contributed by atoms with E-state index in [1.54, 1.807) is 0 Å². The van der Waals surface area contributed by atoms with Crippen LogP contribution in [-0.2, 0) is 0 Å². The topological polar surface area (TPSA) is 26.0 Å². The number of hydrogen-bond acceptors (Lipinski definition) is 2. The SMILES string of the molecule is Cc1cccc2c1C(C(C)N)CS2. The lowest BCUT2D eigenvalue weighted by atomic mass is 9.92. The Morgan fingerprint density at radius 3 is 3.00 bits per heavy atom. The van der Waals surface area contributed by atoms with Crippen LogP contribution in [0.25, 0.3) is 0 Å². The zero-order valence-electron chi connectivity index (χ0n) is 8.08. The summed E-state index contributed by atoms with van der Waals surface area (Å²) in [5, 5.41) is 0. The predicted octanol–water partition coefficient (Wildman–Crippen LogP) is 2.53. The number of benzene rings is 1. The molecule has 1 heterocycles. The van der Waals surface area contributed by atoms with Crippen LogP contribution in [-0.4, -0.2) is 11.8 Å². The summed E-state index contributed by atoms with van der Waals surface area (Å²) in [5.41, 5.74) is 8.85. The second-order valence-corrected chi connectivity index (χ2v) is 4.83. The molecule has 0 aromatic heterocycles. The number of hydrogen-bond donors (Lipinski definition) is 1. The third-order valence-electron chi connectivity index (χ3n) is 2.71. The number of aryl methyl sites for hydroxylation is 1. The summed E-state index contributed by atoms with van der Waals surface area (Å²) in [6.07, 6.45) is 0. The van der Waals surface area contributed by atoms with Gasteiger partial charge in [0.05, 0.1) is 0 Å². The van der Waals surface area contributed by atoms with Gasteiger partial charge < -0.3 is 5.73 Å². The molecule has 1 nitrogen and oxygen atoms in total. The van der Waals surface area contributed by atoms with Gasteiger partial charge in [0.25, 0.3) is 0 Å². The fraction of sp³-hybridized carbons (Fsp3) is 0.455. The van der Waals surface area contributed by atoms with E-state index < -0.39 is 0 Å². The maximum absolute atomic E-state index is 5.97. The van der Waals surface area contributed by atoms with Crippen molar-refractivity contribution >= 4 is 11.8 Å². The fourth-order valence-electron chi connectivity index (χ4n) is 1.93. The summed E-state index contributed by atoms with van der Waals surface area (Å²) in [5.74, 6) is 1.71. The molecule has 0 radical (unpaired) electrons. The molecule has 13 heavy (non-hydrogen) atoms. The van der Waals surface area contributed by atoms with Crippen LogP contribution >= 0.6 is 11.8 Å². The molecule has 0 aliphatic carbocycles. The van der Waals surface area contributed by atoms with Crippen LogP contribution in [0.2, 0.25) is 0 Å². The summed E-state index contributed by atoms with van der Waals surface area (Å²) >= 11 is 1.94. The van der Waals surface area contributed by atoms with E-state index in [9.17, 15) is 0 Å². The smallest absolute Gasteiger partial charge is 0.0111 e. The van der Waals surface area contributed by atoms with Gasteiger partial charge in [-0.05, 0) is 31.0 Å². The van der Waals surface area contributed by atoms with Crippen LogP contribution in [0.5, 0.6) is 0 Å². The van der Waals surface area contributed by atoms with Crippen molar-refractivity contribution in [2.45, 2.75) is 30.7 Å². The molecule has 2 unspecified atom stereocenters. The van der Waals surface area contributed by atoms with Crippen LogP contribution in [0, 0.1) is 6.92 Å². The van der Waals surface area contributed by atoms with E-state index in [1.165, 1.54) is 16.0 Å². The van der Waals surface area contributed by atoms with Crippen LogP contribution < -0.4 is 5.73 Å². The summed E-state index contributed by atoms with van der Waals surface area (Å²) in [6, 6.07) is 6.79. The van der Waals surface area contributed by atoms with Gasteiger partial charge in [-0.3, -0.25) is 0 Å². The van der Waals surface area contributed by atoms with E-state index in [-0.39, 0.29) is 6.04 Å². The second-order valence-electron chi connectivity index (χ2n) is 3.76. The molecular formula is C11H15NS. The lowest BCUT2D eigenvalue weighted by Gasteiger charge is -2.16. The normalized spacial score (nSPS) is 22.8. The zero-order chi connectivity index (χ0) is 9.42. The van der Waals surface area contributed by atoms with Crippen molar-refractivity contribution in [3.63, 3.8) is 0 Å². The van der Waals surface area contributed by atoms with Gasteiger partial charge in [0.15, 0.2) is 0 Å². The van der Waals surface area contributed by atoms with Crippen LogP contribution in [0.3, 0.4) is 0 Å². The Hall–Kier alpha value is -0.470. The Balaban J connectivity index is 2.46. The molecule has 1 aliphatic heterocycles. The minimum atomic E-state index is 0.273. The lowest BCUT2D eigenvalue weighted by Crippen LogP contribution is -2.25. The van der Waals surface area contributed by atoms with E-state index in [2.05, 4.69) is 32.0 Å². The molecule has 0 amide bonds. The first kappa shape index (κ1) is 9.10. The molecule has 0 spiro atoms. The molecule has 2 N–H and O–H groups in total. The van der Waals surface area contributed by atoms with Gasteiger partial charge in [0.2, 0.25) is 0 Å². The molecule has 1 aromatic carbocycles. The number of rotatable bonds is 1. The molecule has 70 valence electrons. The zero-order valence-corrected chi connectivity index (χ0v) is 8.90. The maximum Gasteiger partial charge on any atom is 0.0111 e. The van der Waals surface area contributed by atoms with Gasteiger partial charge >= 0.3 is 0 Å². The number of fused-ring (bicyclic) bond motifs is 1. The van der Waals surface area contributed by atoms with Crippen molar-refractivity contribution in [3.8, 4) is 0 Å². The summed E-state index contributed by atoms with van der Waals surface area (Å²) < 4.78 is 0. The lowest BCUT2D eigenvalue weighted by molar-refractivity contribution is 0.619. The number of thioether (sulfide) groups is 1. The average molecular weight is 193 g/mol. The van der Waals surface area contributed by atoms with Crippen molar-refractivity contribution in [3.05, 3.63) is 29.3 Å². The first-order valence-electron chi connectivity index (χ1n) is 4.68. The molecule has 2 atom stereocenters. The predicted molar refractivity (Wildman–Crippen MR) is 58.3 cm³/mol. The van der Waals surface area contributed by atoms with Crippen molar-refractivity contribution in [2.24, 2.45) is 5.73 Å². The molecular weight excluding hydrogens is 178 g/mol. The van der Waals surface area contributed by atoms with E-state index in [0.29, 0.717) is 5.92 Å². The van der Waals surface area contributed by atoms with Gasteiger partial charge in [-0.15, -0.1) is 11.8 Å². The highest BCUT2D eigenvalue weighted by Crippen LogP contribution is 2.42. The monoisotopic (exact) mass is 193 g/mol. The van der Waals surface area contributed by atoms with E-state index in [4.69, 9.17) is 5.73 Å². The molecule has 0 bridgehead atoms. The van der Waals surface area contributed by atoms with Crippen molar-refractivity contribution < 1.29 is 0 Å². The van der Waals surface area contributed by atoms with Crippen LogP contribution in [0.4, 0.5) is 0 Å². The summed E-state index contributed by atoms with van der Waals surface area (Å²) in [6.45, 7) is 4.28. The van der Waals surface area contributed by atoms with Gasteiger partial charge in [0.1, 0.15) is 0 Å². The van der Waals surface area contributed by atoms with Crippen molar-refractivity contribution in [1.82, 2.24) is 0 Å². The third-order valence-corrected chi connectivity index (χ3v) is 3.90. The minimum Gasteiger partial charge on any atom is -0.327 e. The van der Waals surface area contributed by atoms with Gasteiger partial charge in [-0.1, -0.05) is 12.1 Å². The highest BCUT2D eigenvalue weighted by atomic mass is 32.2. The molecule has 1 aliphatic rings. The maximum atomic E-state index is 5.97. The first-order chi connectivity index (χ1) is 6.20. The van der Waals surface area contributed by atoms with Crippen molar-refractivity contribution in [2.75, 3.05) is 5.75 Å². The Kier molecular flexibility index (Phi) is 2.35. The molecule has 0 saturated carbocycles. The number of nitrogens with two attached hydrogens (primary N) is 1. The summed E-state index contributed by atoms with van der Waals surface area (Å²) in [4.78, 5) is 1.43. The van der Waals surface area contributed by atoms with Crippen LogP contribution in [0.15, 0.2) is 23.1 Å². The Labute approximate surface area is 83.7 Å². The van der Waals surface area contributed by atoms with Gasteiger partial charge in [-0.25, -0.2) is 0 Å². The highest BCUT2D eigenvalue weighted by molar-refractivity contribution is 7.99. The Bertz CT molecular complexity index is 320. The quantitative estimate of drug-likeness (QED) is 0.741.